The van der Waals surface area contributed by atoms with E-state index in [1.165, 1.54) is 15.8 Å². The van der Waals surface area contributed by atoms with Gasteiger partial charge in [0.1, 0.15) is 6.10 Å². The number of morpholine rings is 1. The summed E-state index contributed by atoms with van der Waals surface area (Å²) >= 11 is 1.65. The molecule has 1 atom stereocenters. The number of hydrogen-bond acceptors (Lipinski definition) is 7. The lowest BCUT2D eigenvalue weighted by Crippen LogP contribution is -2.38. The topological polar surface area (TPSA) is 63.2 Å². The maximum absolute atomic E-state index is 6.11. The van der Waals surface area contributed by atoms with Crippen LogP contribution < -0.4 is 5.32 Å². The van der Waals surface area contributed by atoms with Crippen molar-refractivity contribution in [1.82, 2.24) is 19.9 Å². The third-order valence-corrected chi connectivity index (χ3v) is 6.23. The third kappa shape index (κ3) is 4.74. The van der Waals surface area contributed by atoms with E-state index in [1.807, 2.05) is 31.5 Å². The van der Waals surface area contributed by atoms with Gasteiger partial charge in [0.05, 0.1) is 17.8 Å². The summed E-state index contributed by atoms with van der Waals surface area (Å²) in [6.07, 6.45) is 3.67. The zero-order valence-electron chi connectivity index (χ0n) is 17.7. The Bertz CT molecular complexity index is 1210. The van der Waals surface area contributed by atoms with Gasteiger partial charge in [-0.3, -0.25) is 14.9 Å². The van der Waals surface area contributed by atoms with Gasteiger partial charge in [-0.15, -0.1) is 11.3 Å². The molecule has 1 fully saturated rings. The molecule has 0 bridgehead atoms. The van der Waals surface area contributed by atoms with Crippen molar-refractivity contribution < 1.29 is 4.74 Å². The first-order valence-corrected chi connectivity index (χ1v) is 11.3. The Hall–Kier alpha value is -2.87. The Morgan fingerprint density at radius 1 is 1.16 bits per heavy atom. The van der Waals surface area contributed by atoms with Crippen LogP contribution in [0.4, 0.5) is 10.8 Å². The quantitative estimate of drug-likeness (QED) is 0.479. The molecule has 0 unspecified atom stereocenters. The summed E-state index contributed by atoms with van der Waals surface area (Å²) in [4.78, 5) is 17.2. The zero-order chi connectivity index (χ0) is 21.2. The minimum absolute atomic E-state index is 0.0469. The average Bonchev–Trinajstić information content (AvgIpc) is 3.18. The van der Waals surface area contributed by atoms with Crippen LogP contribution in [0.15, 0.2) is 54.9 Å². The van der Waals surface area contributed by atoms with Crippen LogP contribution in [0.2, 0.25) is 0 Å². The first-order valence-electron chi connectivity index (χ1n) is 10.5. The minimum Gasteiger partial charge on any atom is -0.369 e. The molecule has 4 aromatic rings. The molecule has 31 heavy (non-hydrogen) atoms. The Morgan fingerprint density at radius 2 is 2.10 bits per heavy atom. The number of nitrogens with zero attached hydrogens (tertiary/aromatic N) is 4. The summed E-state index contributed by atoms with van der Waals surface area (Å²) in [6, 6.07) is 14.7. The molecule has 1 aliphatic rings. The van der Waals surface area contributed by atoms with Crippen molar-refractivity contribution in [2.24, 2.45) is 0 Å². The van der Waals surface area contributed by atoms with Crippen molar-refractivity contribution in [2.75, 3.05) is 25.0 Å². The van der Waals surface area contributed by atoms with Crippen LogP contribution in [-0.2, 0) is 11.3 Å². The van der Waals surface area contributed by atoms with Crippen molar-refractivity contribution >= 4 is 33.1 Å². The fourth-order valence-electron chi connectivity index (χ4n) is 3.97. The number of aromatic nitrogens is 3. The fraction of sp³-hybridized carbons (Fsp3) is 0.292. The monoisotopic (exact) mass is 431 g/mol. The summed E-state index contributed by atoms with van der Waals surface area (Å²) in [6.45, 7) is 7.40. The summed E-state index contributed by atoms with van der Waals surface area (Å²) in [7, 11) is 0. The number of pyridine rings is 2. The van der Waals surface area contributed by atoms with Crippen molar-refractivity contribution in [2.45, 2.75) is 26.5 Å². The van der Waals surface area contributed by atoms with Gasteiger partial charge in [-0.1, -0.05) is 12.1 Å². The number of nitrogens with one attached hydrogen (secondary N) is 1. The van der Waals surface area contributed by atoms with Gasteiger partial charge in [-0.05, 0) is 49.7 Å². The molecular formula is C24H25N5OS. The highest BCUT2D eigenvalue weighted by Crippen LogP contribution is 2.28. The summed E-state index contributed by atoms with van der Waals surface area (Å²) < 4.78 is 6.11. The number of aryl methyl sites for hydroxylation is 2. The van der Waals surface area contributed by atoms with E-state index in [-0.39, 0.29) is 6.10 Å². The standard InChI is InChI=1S/C24H25N5OS/c1-16-10-20(28-24-26-13-17(2)31-24)12-22(27-16)23-15-29(8-9-30-23)14-18-5-6-21-19(11-18)4-3-7-25-21/h3-7,10-13,23H,8-9,14-15H2,1-2H3,(H,26,27,28)/t23-/m1/s1. The Balaban J connectivity index is 1.31. The number of hydrogen-bond donors (Lipinski definition) is 1. The van der Waals surface area contributed by atoms with Gasteiger partial charge >= 0.3 is 0 Å². The highest BCUT2D eigenvalue weighted by atomic mass is 32.1. The second kappa shape index (κ2) is 8.70. The van der Waals surface area contributed by atoms with Crippen LogP contribution in [-0.4, -0.2) is 39.5 Å². The van der Waals surface area contributed by atoms with Crippen LogP contribution in [0, 0.1) is 13.8 Å². The number of ether oxygens (including phenoxy) is 1. The molecule has 5 rings (SSSR count). The first kappa shape index (κ1) is 20.1. The molecular weight excluding hydrogens is 406 g/mol. The number of anilines is 2. The summed E-state index contributed by atoms with van der Waals surface area (Å²) in [5.74, 6) is 0. The molecule has 1 N–H and O–H groups in total. The van der Waals surface area contributed by atoms with Gasteiger partial charge in [0.15, 0.2) is 5.13 Å². The highest BCUT2D eigenvalue weighted by molar-refractivity contribution is 7.15. The molecule has 0 saturated carbocycles. The van der Waals surface area contributed by atoms with E-state index in [0.29, 0.717) is 6.61 Å². The van der Waals surface area contributed by atoms with E-state index in [4.69, 9.17) is 9.72 Å². The molecule has 158 valence electrons. The van der Waals surface area contributed by atoms with Crippen LogP contribution in [0.25, 0.3) is 10.9 Å². The largest absolute Gasteiger partial charge is 0.369 e. The van der Waals surface area contributed by atoms with Gasteiger partial charge in [0, 0.05) is 53.7 Å². The number of fused-ring (bicyclic) bond motifs is 1. The van der Waals surface area contributed by atoms with Crippen molar-refractivity contribution in [3.8, 4) is 0 Å². The predicted molar refractivity (Wildman–Crippen MR) is 125 cm³/mol. The van der Waals surface area contributed by atoms with Crippen molar-refractivity contribution in [1.29, 1.82) is 0 Å². The normalized spacial score (nSPS) is 17.2. The smallest absolute Gasteiger partial charge is 0.187 e. The van der Waals surface area contributed by atoms with Gasteiger partial charge in [-0.25, -0.2) is 4.98 Å². The lowest BCUT2D eigenvalue weighted by atomic mass is 10.1. The molecule has 1 aliphatic heterocycles. The van der Waals surface area contributed by atoms with E-state index >= 15 is 0 Å². The highest BCUT2D eigenvalue weighted by Gasteiger charge is 2.24. The second-order valence-corrected chi connectivity index (χ2v) is 9.18. The van der Waals surface area contributed by atoms with E-state index in [2.05, 4.69) is 57.4 Å². The van der Waals surface area contributed by atoms with E-state index in [1.54, 1.807) is 11.3 Å². The average molecular weight is 432 g/mol. The summed E-state index contributed by atoms with van der Waals surface area (Å²) in [5, 5.41) is 5.48. The predicted octanol–water partition coefficient (Wildman–Crippen LogP) is 5.02. The first-order chi connectivity index (χ1) is 15.1. The molecule has 7 heteroatoms. The summed E-state index contributed by atoms with van der Waals surface area (Å²) in [5.41, 5.74) is 5.25. The van der Waals surface area contributed by atoms with Crippen molar-refractivity contribution in [3.63, 3.8) is 0 Å². The molecule has 4 heterocycles. The lowest BCUT2D eigenvalue weighted by molar-refractivity contribution is -0.0350. The van der Waals surface area contributed by atoms with Gasteiger partial charge in [-0.2, -0.15) is 0 Å². The zero-order valence-corrected chi connectivity index (χ0v) is 18.5. The van der Waals surface area contributed by atoms with Gasteiger partial charge in [0.25, 0.3) is 0 Å². The minimum atomic E-state index is -0.0469. The third-order valence-electron chi connectivity index (χ3n) is 5.40. The molecule has 3 aromatic heterocycles. The molecule has 0 spiro atoms. The van der Waals surface area contributed by atoms with E-state index < -0.39 is 0 Å². The van der Waals surface area contributed by atoms with Crippen molar-refractivity contribution in [3.05, 3.63) is 76.7 Å². The molecule has 0 amide bonds. The van der Waals surface area contributed by atoms with E-state index in [0.717, 1.165) is 47.4 Å². The molecule has 0 radical (unpaired) electrons. The fourth-order valence-corrected chi connectivity index (χ4v) is 4.66. The number of benzene rings is 1. The molecule has 6 nitrogen and oxygen atoms in total. The SMILES string of the molecule is Cc1cc(Nc2ncc(C)s2)cc([C@H]2CN(Cc3ccc4ncccc4c3)CCO2)n1. The molecule has 0 aliphatic carbocycles. The van der Waals surface area contributed by atoms with Crippen LogP contribution in [0.1, 0.15) is 27.9 Å². The Labute approximate surface area is 185 Å². The number of thiazole rings is 1. The van der Waals surface area contributed by atoms with Gasteiger partial charge in [0.2, 0.25) is 0 Å². The molecule has 1 saturated heterocycles. The lowest BCUT2D eigenvalue weighted by Gasteiger charge is -2.33. The second-order valence-electron chi connectivity index (χ2n) is 7.95. The van der Waals surface area contributed by atoms with Crippen LogP contribution in [0.5, 0.6) is 0 Å². The maximum atomic E-state index is 6.11. The van der Waals surface area contributed by atoms with Gasteiger partial charge < -0.3 is 10.1 Å². The van der Waals surface area contributed by atoms with E-state index in [9.17, 15) is 0 Å². The Morgan fingerprint density at radius 3 is 2.97 bits per heavy atom. The maximum Gasteiger partial charge on any atom is 0.187 e. The molecule has 1 aromatic carbocycles. The van der Waals surface area contributed by atoms with Crippen LogP contribution in [0.3, 0.4) is 0 Å². The van der Waals surface area contributed by atoms with Crippen LogP contribution >= 0.6 is 11.3 Å². The Kier molecular flexibility index (Phi) is 5.63. The number of rotatable bonds is 5.